The molecule has 27 heavy (non-hydrogen) atoms. The first kappa shape index (κ1) is 16.0. The zero-order chi connectivity index (χ0) is 18.2. The Morgan fingerprint density at radius 2 is 1.89 bits per heavy atom. The van der Waals surface area contributed by atoms with Gasteiger partial charge in [-0.25, -0.2) is 9.97 Å². The largest absolute Gasteiger partial charge is 0.333 e. The van der Waals surface area contributed by atoms with Crippen LogP contribution in [0.1, 0.15) is 20.9 Å². The molecular weight excluding hydrogens is 358 g/mol. The standard InChI is InChI=1S/C20H17N5OS/c26-18(13-6-2-1-3-7-13)25-11-10-16-17(12-25)27-20(23-16)24-19-21-14-8-4-5-9-15(14)22-19/h1-9H,10-12H2,(H2,21,22,23,24). The average molecular weight is 375 g/mol. The Labute approximate surface area is 159 Å². The molecule has 0 aliphatic carbocycles. The molecule has 0 atom stereocenters. The molecule has 5 rings (SSSR count). The lowest BCUT2D eigenvalue weighted by Crippen LogP contribution is -2.35. The molecule has 2 aromatic heterocycles. The second kappa shape index (κ2) is 6.51. The van der Waals surface area contributed by atoms with E-state index in [2.05, 4.69) is 15.3 Å². The Hall–Kier alpha value is -3.19. The van der Waals surface area contributed by atoms with Gasteiger partial charge in [0.25, 0.3) is 5.91 Å². The highest BCUT2D eigenvalue weighted by atomic mass is 32.1. The molecule has 0 saturated heterocycles. The van der Waals surface area contributed by atoms with E-state index in [1.807, 2.05) is 59.5 Å². The molecule has 0 spiro atoms. The van der Waals surface area contributed by atoms with E-state index in [4.69, 9.17) is 4.98 Å². The summed E-state index contributed by atoms with van der Waals surface area (Å²) in [5.41, 5.74) is 3.70. The fourth-order valence-electron chi connectivity index (χ4n) is 3.30. The lowest BCUT2D eigenvalue weighted by atomic mass is 10.1. The summed E-state index contributed by atoms with van der Waals surface area (Å²) in [5.74, 6) is 0.751. The summed E-state index contributed by atoms with van der Waals surface area (Å²) in [6, 6.07) is 17.3. The SMILES string of the molecule is O=C(c1ccccc1)N1CCc2nc(Nc3nc4ccccc4[nH]3)sc2C1. The molecule has 1 aliphatic rings. The summed E-state index contributed by atoms with van der Waals surface area (Å²) in [4.78, 5) is 28.2. The molecule has 0 bridgehead atoms. The van der Waals surface area contributed by atoms with E-state index < -0.39 is 0 Å². The van der Waals surface area contributed by atoms with Gasteiger partial charge in [0.2, 0.25) is 5.95 Å². The number of para-hydroxylation sites is 2. The van der Waals surface area contributed by atoms with E-state index in [0.29, 0.717) is 19.0 Å². The van der Waals surface area contributed by atoms with Gasteiger partial charge in [-0.1, -0.05) is 41.7 Å². The van der Waals surface area contributed by atoms with Crippen molar-refractivity contribution in [3.05, 3.63) is 70.7 Å². The summed E-state index contributed by atoms with van der Waals surface area (Å²) in [6.45, 7) is 1.29. The van der Waals surface area contributed by atoms with Crippen LogP contribution in [0.2, 0.25) is 0 Å². The van der Waals surface area contributed by atoms with Crippen molar-refractivity contribution >= 4 is 39.4 Å². The highest BCUT2D eigenvalue weighted by Crippen LogP contribution is 2.30. The number of carbonyl (C=O) groups is 1. The predicted molar refractivity (Wildman–Crippen MR) is 106 cm³/mol. The van der Waals surface area contributed by atoms with Crippen molar-refractivity contribution in [1.29, 1.82) is 0 Å². The summed E-state index contributed by atoms with van der Waals surface area (Å²) in [6.07, 6.45) is 0.770. The van der Waals surface area contributed by atoms with Crippen LogP contribution in [0.15, 0.2) is 54.6 Å². The van der Waals surface area contributed by atoms with Crippen LogP contribution in [0.4, 0.5) is 11.1 Å². The Kier molecular flexibility index (Phi) is 3.86. The van der Waals surface area contributed by atoms with E-state index in [0.717, 1.165) is 38.7 Å². The number of fused-ring (bicyclic) bond motifs is 2. The summed E-state index contributed by atoms with van der Waals surface area (Å²) < 4.78 is 0. The average Bonchev–Trinajstić information content (AvgIpc) is 3.30. The first-order valence-corrected chi connectivity index (χ1v) is 9.62. The molecule has 1 aliphatic heterocycles. The lowest BCUT2D eigenvalue weighted by Gasteiger charge is -2.26. The van der Waals surface area contributed by atoms with Crippen molar-refractivity contribution in [1.82, 2.24) is 19.9 Å². The zero-order valence-corrected chi connectivity index (χ0v) is 15.3. The molecule has 1 amide bonds. The monoisotopic (exact) mass is 375 g/mol. The molecule has 0 fully saturated rings. The maximum atomic E-state index is 12.7. The van der Waals surface area contributed by atoms with Crippen molar-refractivity contribution in [3.63, 3.8) is 0 Å². The second-order valence-electron chi connectivity index (χ2n) is 6.46. The zero-order valence-electron chi connectivity index (χ0n) is 14.5. The number of nitrogens with zero attached hydrogens (tertiary/aromatic N) is 3. The molecule has 0 unspecified atom stereocenters. The molecule has 134 valence electrons. The number of benzene rings is 2. The van der Waals surface area contributed by atoms with Gasteiger partial charge in [0.05, 0.1) is 23.3 Å². The van der Waals surface area contributed by atoms with Crippen LogP contribution in [-0.2, 0) is 13.0 Å². The lowest BCUT2D eigenvalue weighted by molar-refractivity contribution is 0.0736. The van der Waals surface area contributed by atoms with Gasteiger partial charge in [0.1, 0.15) is 0 Å². The van der Waals surface area contributed by atoms with Gasteiger partial charge in [-0.05, 0) is 24.3 Å². The topological polar surface area (TPSA) is 73.9 Å². The Morgan fingerprint density at radius 1 is 1.07 bits per heavy atom. The van der Waals surface area contributed by atoms with Crippen molar-refractivity contribution in [3.8, 4) is 0 Å². The molecule has 0 saturated carbocycles. The van der Waals surface area contributed by atoms with Crippen molar-refractivity contribution < 1.29 is 4.79 Å². The van der Waals surface area contributed by atoms with Gasteiger partial charge >= 0.3 is 0 Å². The number of thiazole rings is 1. The van der Waals surface area contributed by atoms with Crippen LogP contribution in [-0.4, -0.2) is 32.3 Å². The third-order valence-electron chi connectivity index (χ3n) is 4.65. The van der Waals surface area contributed by atoms with Crippen molar-refractivity contribution in [2.75, 3.05) is 11.9 Å². The van der Waals surface area contributed by atoms with Gasteiger partial charge in [0.15, 0.2) is 5.13 Å². The van der Waals surface area contributed by atoms with Crippen molar-refractivity contribution in [2.45, 2.75) is 13.0 Å². The molecule has 3 heterocycles. The second-order valence-corrected chi connectivity index (χ2v) is 7.54. The number of rotatable bonds is 3. The first-order valence-electron chi connectivity index (χ1n) is 8.81. The minimum absolute atomic E-state index is 0.0708. The molecule has 6 nitrogen and oxygen atoms in total. The van der Waals surface area contributed by atoms with Gasteiger partial charge in [-0.15, -0.1) is 0 Å². The van der Waals surface area contributed by atoms with E-state index in [1.54, 1.807) is 11.3 Å². The van der Waals surface area contributed by atoms with Crippen LogP contribution < -0.4 is 5.32 Å². The number of H-pyrrole nitrogens is 1. The van der Waals surface area contributed by atoms with E-state index in [-0.39, 0.29) is 5.91 Å². The minimum atomic E-state index is 0.0708. The molecule has 2 N–H and O–H groups in total. The van der Waals surface area contributed by atoms with E-state index in [9.17, 15) is 4.79 Å². The fourth-order valence-corrected chi connectivity index (χ4v) is 4.32. The minimum Gasteiger partial charge on any atom is -0.333 e. The number of amides is 1. The normalized spacial score (nSPS) is 13.6. The Morgan fingerprint density at radius 3 is 2.74 bits per heavy atom. The number of hydrogen-bond donors (Lipinski definition) is 2. The predicted octanol–water partition coefficient (Wildman–Crippen LogP) is 3.96. The number of imidazole rings is 1. The summed E-state index contributed by atoms with van der Waals surface area (Å²) >= 11 is 1.58. The van der Waals surface area contributed by atoms with Crippen LogP contribution in [0, 0.1) is 0 Å². The van der Waals surface area contributed by atoms with Crippen LogP contribution in [0.3, 0.4) is 0 Å². The number of aromatic amines is 1. The number of anilines is 2. The fraction of sp³-hybridized carbons (Fsp3) is 0.150. The third-order valence-corrected chi connectivity index (χ3v) is 5.65. The maximum absolute atomic E-state index is 12.7. The van der Waals surface area contributed by atoms with E-state index in [1.165, 1.54) is 0 Å². The molecule has 7 heteroatoms. The summed E-state index contributed by atoms with van der Waals surface area (Å²) in [7, 11) is 0. The van der Waals surface area contributed by atoms with E-state index >= 15 is 0 Å². The van der Waals surface area contributed by atoms with Gasteiger partial charge in [-0.3, -0.25) is 4.79 Å². The quantitative estimate of drug-likeness (QED) is 0.568. The van der Waals surface area contributed by atoms with Gasteiger partial charge in [0, 0.05) is 23.4 Å². The first-order chi connectivity index (χ1) is 13.3. The number of hydrogen-bond acceptors (Lipinski definition) is 5. The Bertz CT molecular complexity index is 1080. The number of carbonyl (C=O) groups excluding carboxylic acids is 1. The molecule has 4 aromatic rings. The third kappa shape index (κ3) is 3.06. The Balaban J connectivity index is 1.34. The smallest absolute Gasteiger partial charge is 0.254 e. The molecule has 2 aromatic carbocycles. The number of aromatic nitrogens is 3. The van der Waals surface area contributed by atoms with Crippen LogP contribution in [0.25, 0.3) is 11.0 Å². The molecule has 0 radical (unpaired) electrons. The number of nitrogens with one attached hydrogen (secondary N) is 2. The van der Waals surface area contributed by atoms with Crippen LogP contribution in [0.5, 0.6) is 0 Å². The van der Waals surface area contributed by atoms with Gasteiger partial charge < -0.3 is 15.2 Å². The molecular formula is C20H17N5OS. The maximum Gasteiger partial charge on any atom is 0.254 e. The van der Waals surface area contributed by atoms with Crippen LogP contribution >= 0.6 is 11.3 Å². The van der Waals surface area contributed by atoms with Gasteiger partial charge in [-0.2, -0.15) is 0 Å². The van der Waals surface area contributed by atoms with Crippen molar-refractivity contribution in [2.24, 2.45) is 0 Å². The highest BCUT2D eigenvalue weighted by molar-refractivity contribution is 7.15. The summed E-state index contributed by atoms with van der Waals surface area (Å²) in [5, 5.41) is 4.06. The highest BCUT2D eigenvalue weighted by Gasteiger charge is 2.25.